The van der Waals surface area contributed by atoms with Crippen LogP contribution < -0.4 is 14.8 Å². The van der Waals surface area contributed by atoms with Gasteiger partial charge in [0.1, 0.15) is 13.2 Å². The second-order valence-electron chi connectivity index (χ2n) is 5.12. The number of amides is 1. The number of aryl methyl sites for hydroxylation is 1. The molecule has 2 heterocycles. The molecular formula is C16H19N3O3. The number of para-hydroxylation sites is 1. The minimum Gasteiger partial charge on any atom is -0.486 e. The second kappa shape index (κ2) is 6.51. The quantitative estimate of drug-likeness (QED) is 0.917. The van der Waals surface area contributed by atoms with Crippen LogP contribution in [0.25, 0.3) is 0 Å². The number of benzene rings is 1. The van der Waals surface area contributed by atoms with Crippen molar-refractivity contribution in [2.24, 2.45) is 0 Å². The van der Waals surface area contributed by atoms with Gasteiger partial charge in [-0.25, -0.2) is 0 Å². The molecule has 0 aliphatic carbocycles. The van der Waals surface area contributed by atoms with Crippen molar-refractivity contribution in [1.82, 2.24) is 15.1 Å². The summed E-state index contributed by atoms with van der Waals surface area (Å²) in [7, 11) is 0. The van der Waals surface area contributed by atoms with E-state index in [1.165, 1.54) is 0 Å². The second-order valence-corrected chi connectivity index (χ2v) is 5.12. The van der Waals surface area contributed by atoms with Crippen LogP contribution in [0, 0.1) is 0 Å². The summed E-state index contributed by atoms with van der Waals surface area (Å²) < 4.78 is 12.9. The van der Waals surface area contributed by atoms with Gasteiger partial charge in [-0.1, -0.05) is 13.0 Å². The van der Waals surface area contributed by atoms with Crippen molar-refractivity contribution in [3.8, 4) is 11.5 Å². The first-order chi connectivity index (χ1) is 10.8. The van der Waals surface area contributed by atoms with Crippen LogP contribution in [0.5, 0.6) is 11.5 Å². The lowest BCUT2D eigenvalue weighted by Gasteiger charge is -2.20. The number of fused-ring (bicyclic) bond motifs is 1. The predicted octanol–water partition coefficient (Wildman–Crippen LogP) is 1.99. The highest BCUT2D eigenvalue weighted by Gasteiger charge is 2.20. The highest BCUT2D eigenvalue weighted by atomic mass is 16.6. The fourth-order valence-corrected chi connectivity index (χ4v) is 2.38. The van der Waals surface area contributed by atoms with Gasteiger partial charge in [0.2, 0.25) is 0 Å². The Bertz CT molecular complexity index is 666. The first kappa shape index (κ1) is 14.4. The molecule has 1 N–H and O–H groups in total. The number of carbonyl (C=O) groups is 1. The molecule has 6 nitrogen and oxygen atoms in total. The standard InChI is InChI=1S/C16H19N3O3/c1-2-6-19-11-12(10-18-19)9-17-16(20)13-4-3-5-14-15(13)22-8-7-21-14/h3-5,10-11H,2,6-9H2,1H3,(H,17,20). The number of hydrogen-bond acceptors (Lipinski definition) is 4. The van der Waals surface area contributed by atoms with Gasteiger partial charge in [0.05, 0.1) is 11.8 Å². The van der Waals surface area contributed by atoms with E-state index >= 15 is 0 Å². The van der Waals surface area contributed by atoms with E-state index in [1.54, 1.807) is 24.4 Å². The Labute approximate surface area is 129 Å². The molecule has 116 valence electrons. The number of nitrogens with one attached hydrogen (secondary N) is 1. The van der Waals surface area contributed by atoms with Crippen LogP contribution in [0.2, 0.25) is 0 Å². The van der Waals surface area contributed by atoms with Gasteiger partial charge >= 0.3 is 0 Å². The van der Waals surface area contributed by atoms with Gasteiger partial charge in [0.15, 0.2) is 11.5 Å². The Balaban J connectivity index is 1.67. The number of rotatable bonds is 5. The maximum Gasteiger partial charge on any atom is 0.255 e. The summed E-state index contributed by atoms with van der Waals surface area (Å²) in [4.78, 5) is 12.3. The van der Waals surface area contributed by atoms with E-state index in [2.05, 4.69) is 17.3 Å². The highest BCUT2D eigenvalue weighted by Crippen LogP contribution is 2.33. The molecule has 0 atom stereocenters. The molecule has 1 aliphatic heterocycles. The monoisotopic (exact) mass is 301 g/mol. The first-order valence-electron chi connectivity index (χ1n) is 7.46. The zero-order chi connectivity index (χ0) is 15.4. The van der Waals surface area contributed by atoms with Crippen LogP contribution >= 0.6 is 0 Å². The largest absolute Gasteiger partial charge is 0.486 e. The van der Waals surface area contributed by atoms with Gasteiger partial charge in [-0.15, -0.1) is 0 Å². The Hall–Kier alpha value is -2.50. The van der Waals surface area contributed by atoms with Gasteiger partial charge in [-0.3, -0.25) is 9.48 Å². The van der Waals surface area contributed by atoms with Crippen LogP contribution in [0.4, 0.5) is 0 Å². The molecule has 22 heavy (non-hydrogen) atoms. The molecule has 1 aromatic carbocycles. The lowest BCUT2D eigenvalue weighted by atomic mass is 10.1. The van der Waals surface area contributed by atoms with E-state index in [4.69, 9.17) is 9.47 Å². The lowest BCUT2D eigenvalue weighted by molar-refractivity contribution is 0.0940. The van der Waals surface area contributed by atoms with Crippen LogP contribution in [-0.2, 0) is 13.1 Å². The number of aromatic nitrogens is 2. The number of nitrogens with zero attached hydrogens (tertiary/aromatic N) is 2. The molecule has 0 saturated carbocycles. The van der Waals surface area contributed by atoms with Crippen molar-refractivity contribution in [1.29, 1.82) is 0 Å². The Kier molecular flexibility index (Phi) is 4.27. The van der Waals surface area contributed by atoms with Crippen molar-refractivity contribution in [2.75, 3.05) is 13.2 Å². The van der Waals surface area contributed by atoms with E-state index in [0.717, 1.165) is 18.5 Å². The summed E-state index contributed by atoms with van der Waals surface area (Å²) in [6.07, 6.45) is 4.75. The Morgan fingerprint density at radius 3 is 3.09 bits per heavy atom. The van der Waals surface area contributed by atoms with E-state index in [0.29, 0.717) is 36.8 Å². The smallest absolute Gasteiger partial charge is 0.255 e. The summed E-state index contributed by atoms with van der Waals surface area (Å²) >= 11 is 0. The molecule has 0 saturated heterocycles. The van der Waals surface area contributed by atoms with Crippen molar-refractivity contribution >= 4 is 5.91 Å². The molecule has 0 unspecified atom stereocenters. The molecule has 3 rings (SSSR count). The minimum absolute atomic E-state index is 0.175. The van der Waals surface area contributed by atoms with Gasteiger partial charge in [0, 0.05) is 24.8 Å². The minimum atomic E-state index is -0.175. The average Bonchev–Trinajstić information content (AvgIpc) is 3.00. The summed E-state index contributed by atoms with van der Waals surface area (Å²) in [6.45, 7) is 4.39. The molecule has 0 fully saturated rings. The summed E-state index contributed by atoms with van der Waals surface area (Å²) in [5.74, 6) is 0.966. The highest BCUT2D eigenvalue weighted by molar-refractivity contribution is 5.97. The van der Waals surface area contributed by atoms with Crippen LogP contribution in [-0.4, -0.2) is 28.9 Å². The fraction of sp³-hybridized carbons (Fsp3) is 0.375. The number of carbonyl (C=O) groups excluding carboxylic acids is 1. The Morgan fingerprint density at radius 2 is 2.23 bits per heavy atom. The molecule has 6 heteroatoms. The summed E-state index contributed by atoms with van der Waals surface area (Å²) in [5, 5.41) is 7.14. The first-order valence-corrected chi connectivity index (χ1v) is 7.46. The summed E-state index contributed by atoms with van der Waals surface area (Å²) in [6, 6.07) is 5.34. The third-order valence-electron chi connectivity index (χ3n) is 3.40. The third kappa shape index (κ3) is 3.05. The van der Waals surface area contributed by atoms with Crippen molar-refractivity contribution in [2.45, 2.75) is 26.4 Å². The van der Waals surface area contributed by atoms with E-state index in [-0.39, 0.29) is 5.91 Å². The topological polar surface area (TPSA) is 65.4 Å². The van der Waals surface area contributed by atoms with Gasteiger partial charge < -0.3 is 14.8 Å². The molecule has 1 aliphatic rings. The molecular weight excluding hydrogens is 282 g/mol. The number of ether oxygens (including phenoxy) is 2. The van der Waals surface area contributed by atoms with Crippen LogP contribution in [0.15, 0.2) is 30.6 Å². The zero-order valence-corrected chi connectivity index (χ0v) is 12.5. The van der Waals surface area contributed by atoms with Crippen molar-refractivity contribution < 1.29 is 14.3 Å². The molecule has 1 aromatic heterocycles. The third-order valence-corrected chi connectivity index (χ3v) is 3.40. The Morgan fingerprint density at radius 1 is 1.36 bits per heavy atom. The molecule has 2 aromatic rings. The van der Waals surface area contributed by atoms with E-state index in [1.807, 2.05) is 10.9 Å². The maximum absolute atomic E-state index is 12.3. The molecule has 0 spiro atoms. The van der Waals surface area contributed by atoms with E-state index < -0.39 is 0 Å². The maximum atomic E-state index is 12.3. The van der Waals surface area contributed by atoms with Crippen molar-refractivity contribution in [3.63, 3.8) is 0 Å². The molecule has 0 radical (unpaired) electrons. The molecule has 1 amide bonds. The van der Waals surface area contributed by atoms with E-state index in [9.17, 15) is 4.79 Å². The average molecular weight is 301 g/mol. The number of hydrogen-bond donors (Lipinski definition) is 1. The molecule has 0 bridgehead atoms. The fourth-order valence-electron chi connectivity index (χ4n) is 2.38. The SMILES string of the molecule is CCCn1cc(CNC(=O)c2cccc3c2OCCO3)cn1. The van der Waals surface area contributed by atoms with Crippen LogP contribution in [0.1, 0.15) is 29.3 Å². The van der Waals surface area contributed by atoms with Crippen molar-refractivity contribution in [3.05, 3.63) is 41.7 Å². The normalized spacial score (nSPS) is 13.0. The van der Waals surface area contributed by atoms with Gasteiger partial charge in [-0.2, -0.15) is 5.10 Å². The van der Waals surface area contributed by atoms with Gasteiger partial charge in [-0.05, 0) is 18.6 Å². The predicted molar refractivity (Wildman–Crippen MR) is 81.1 cm³/mol. The van der Waals surface area contributed by atoms with Gasteiger partial charge in [0.25, 0.3) is 5.91 Å². The zero-order valence-electron chi connectivity index (χ0n) is 12.5. The lowest BCUT2D eigenvalue weighted by Crippen LogP contribution is -2.25. The summed E-state index contributed by atoms with van der Waals surface area (Å²) in [5.41, 5.74) is 1.47. The van der Waals surface area contributed by atoms with Crippen LogP contribution in [0.3, 0.4) is 0 Å².